The molecule has 0 bridgehead atoms. The second-order valence-corrected chi connectivity index (χ2v) is 13.9. The van der Waals surface area contributed by atoms with Crippen molar-refractivity contribution in [1.29, 1.82) is 0 Å². The van der Waals surface area contributed by atoms with Gasteiger partial charge >= 0.3 is 5.97 Å². The molecule has 0 aliphatic heterocycles. The van der Waals surface area contributed by atoms with Crippen LogP contribution in [-0.2, 0) is 9.53 Å². The van der Waals surface area contributed by atoms with Gasteiger partial charge in [0.15, 0.2) is 0 Å². The number of esters is 1. The van der Waals surface area contributed by atoms with Crippen LogP contribution in [-0.4, -0.2) is 60.7 Å². The highest BCUT2D eigenvalue weighted by molar-refractivity contribution is 9.09. The summed E-state index contributed by atoms with van der Waals surface area (Å²) in [4.78, 5) is 12.4. The lowest BCUT2D eigenvalue weighted by Crippen LogP contribution is -2.55. The molecule has 0 aliphatic carbocycles. The van der Waals surface area contributed by atoms with Crippen molar-refractivity contribution in [2.75, 3.05) is 11.9 Å². The van der Waals surface area contributed by atoms with E-state index in [9.17, 15) is 15.0 Å². The van der Waals surface area contributed by atoms with Crippen molar-refractivity contribution in [3.8, 4) is 0 Å². The van der Waals surface area contributed by atoms with Gasteiger partial charge in [0.2, 0.25) is 0 Å². The third-order valence-corrected chi connectivity index (χ3v) is 6.18. The third-order valence-electron chi connectivity index (χ3n) is 3.86. The fourth-order valence-electron chi connectivity index (χ4n) is 2.37. The Kier molecular flexibility index (Phi) is 13.2. The second-order valence-electron chi connectivity index (χ2n) is 7.66. The molecule has 0 heterocycles. The number of halogens is 1. The Morgan fingerprint density at radius 1 is 1.12 bits per heavy atom. The van der Waals surface area contributed by atoms with Gasteiger partial charge in [0.1, 0.15) is 18.5 Å². The molecule has 0 spiro atoms. The molecular formula is C17H37BrN2O4Si. The van der Waals surface area contributed by atoms with E-state index >= 15 is 0 Å². The molecular weight excluding hydrogens is 404 g/mol. The number of ether oxygens (including phenoxy) is 1. The van der Waals surface area contributed by atoms with Crippen LogP contribution in [0.25, 0.3) is 0 Å². The van der Waals surface area contributed by atoms with E-state index in [2.05, 4.69) is 46.2 Å². The SMILES string of the molecule is CCC[C@H](N[C@H](O)[C@H](CCC)N[C@@H](O)CBr)C(=O)OCC[Si](C)(C)C. The Morgan fingerprint density at radius 2 is 1.72 bits per heavy atom. The predicted octanol–water partition coefficient (Wildman–Crippen LogP) is 2.42. The van der Waals surface area contributed by atoms with E-state index in [4.69, 9.17) is 4.74 Å². The van der Waals surface area contributed by atoms with Gasteiger partial charge in [-0.25, -0.2) is 0 Å². The van der Waals surface area contributed by atoms with Crippen molar-refractivity contribution >= 4 is 30.0 Å². The highest BCUT2D eigenvalue weighted by Gasteiger charge is 2.27. The average Bonchev–Trinajstić information content (AvgIpc) is 2.52. The minimum atomic E-state index is -1.25. The first-order valence-electron chi connectivity index (χ1n) is 9.25. The lowest BCUT2D eigenvalue weighted by atomic mass is 10.1. The molecule has 4 atom stereocenters. The Bertz CT molecular complexity index is 369. The number of nitrogens with one attached hydrogen (secondary N) is 2. The van der Waals surface area contributed by atoms with Gasteiger partial charge < -0.3 is 14.9 Å². The van der Waals surface area contributed by atoms with Crippen LogP contribution in [0.4, 0.5) is 0 Å². The summed E-state index contributed by atoms with van der Waals surface area (Å²) in [7, 11) is -1.25. The van der Waals surface area contributed by atoms with Crippen molar-refractivity contribution in [2.24, 2.45) is 0 Å². The summed E-state index contributed by atoms with van der Waals surface area (Å²) >= 11 is 3.20. The third kappa shape index (κ3) is 12.1. The molecule has 0 fully saturated rings. The van der Waals surface area contributed by atoms with Crippen LogP contribution >= 0.6 is 15.9 Å². The van der Waals surface area contributed by atoms with Crippen molar-refractivity contribution in [1.82, 2.24) is 10.6 Å². The van der Waals surface area contributed by atoms with E-state index in [1.54, 1.807) is 0 Å². The number of alkyl halides is 1. The zero-order valence-corrected chi connectivity index (χ0v) is 18.9. The first-order valence-corrected chi connectivity index (χ1v) is 14.1. The average molecular weight is 441 g/mol. The van der Waals surface area contributed by atoms with E-state index in [-0.39, 0.29) is 12.0 Å². The van der Waals surface area contributed by atoms with Gasteiger partial charge in [-0.3, -0.25) is 15.4 Å². The van der Waals surface area contributed by atoms with Gasteiger partial charge in [-0.2, -0.15) is 0 Å². The molecule has 4 N–H and O–H groups in total. The summed E-state index contributed by atoms with van der Waals surface area (Å²) in [6.07, 6.45) is 1.26. The minimum Gasteiger partial charge on any atom is -0.465 e. The summed E-state index contributed by atoms with van der Waals surface area (Å²) in [6, 6.07) is 0.0491. The number of carbonyl (C=O) groups excluding carboxylic acids is 1. The van der Waals surface area contributed by atoms with E-state index in [1.807, 2.05) is 13.8 Å². The van der Waals surface area contributed by atoms with Crippen molar-refractivity contribution in [2.45, 2.75) is 89.8 Å². The van der Waals surface area contributed by atoms with Gasteiger partial charge in [0.25, 0.3) is 0 Å². The lowest BCUT2D eigenvalue weighted by Gasteiger charge is -2.29. The zero-order chi connectivity index (χ0) is 19.5. The Morgan fingerprint density at radius 3 is 2.20 bits per heavy atom. The molecule has 0 rings (SSSR count). The number of rotatable bonds is 14. The van der Waals surface area contributed by atoms with E-state index in [1.165, 1.54) is 0 Å². The summed E-state index contributed by atoms with van der Waals surface area (Å²) < 4.78 is 5.42. The Balaban J connectivity index is 4.69. The fraction of sp³-hybridized carbons (Fsp3) is 0.941. The van der Waals surface area contributed by atoms with Gasteiger partial charge in [0.05, 0.1) is 6.61 Å². The maximum atomic E-state index is 12.4. The van der Waals surface area contributed by atoms with Crippen molar-refractivity contribution in [3.05, 3.63) is 0 Å². The number of hydrogen-bond donors (Lipinski definition) is 4. The van der Waals surface area contributed by atoms with Gasteiger partial charge in [-0.15, -0.1) is 0 Å². The van der Waals surface area contributed by atoms with Crippen LogP contribution < -0.4 is 10.6 Å². The fourth-order valence-corrected chi connectivity index (χ4v) is 3.27. The second kappa shape index (κ2) is 13.2. The highest BCUT2D eigenvalue weighted by atomic mass is 79.9. The van der Waals surface area contributed by atoms with Crippen LogP contribution in [0, 0.1) is 0 Å². The van der Waals surface area contributed by atoms with Gasteiger partial charge in [0, 0.05) is 19.4 Å². The standard InChI is InChI=1S/C17H37BrN2O4Si/c1-6-8-13(19-15(21)12-18)16(22)20-14(9-7-2)17(23)24-10-11-25(3,4)5/h13-16,19-22H,6-12H2,1-5H3/t13-,14-,15-,16+/m0/s1. The quantitative estimate of drug-likeness (QED) is 0.143. The van der Waals surface area contributed by atoms with Crippen molar-refractivity contribution in [3.63, 3.8) is 0 Å². The van der Waals surface area contributed by atoms with Gasteiger partial charge in [-0.1, -0.05) is 62.3 Å². The highest BCUT2D eigenvalue weighted by Crippen LogP contribution is 2.10. The number of carbonyl (C=O) groups is 1. The molecule has 0 aliphatic rings. The number of hydrogen-bond acceptors (Lipinski definition) is 6. The van der Waals surface area contributed by atoms with E-state index in [0.717, 1.165) is 18.9 Å². The molecule has 0 aromatic heterocycles. The molecule has 0 radical (unpaired) electrons. The number of aliphatic hydroxyl groups excluding tert-OH is 2. The smallest absolute Gasteiger partial charge is 0.323 e. The minimum absolute atomic E-state index is 0.310. The molecule has 0 aromatic rings. The first kappa shape index (κ1) is 25.0. The molecule has 6 nitrogen and oxygen atoms in total. The molecule has 25 heavy (non-hydrogen) atoms. The molecule has 0 amide bonds. The molecule has 0 saturated carbocycles. The maximum Gasteiger partial charge on any atom is 0.323 e. The van der Waals surface area contributed by atoms with Gasteiger partial charge in [-0.05, 0) is 18.9 Å². The summed E-state index contributed by atoms with van der Waals surface area (Å²) in [5.74, 6) is -0.310. The lowest BCUT2D eigenvalue weighted by molar-refractivity contribution is -0.147. The molecule has 0 unspecified atom stereocenters. The van der Waals surface area contributed by atoms with Crippen LogP contribution in [0.3, 0.4) is 0 Å². The van der Waals surface area contributed by atoms with Crippen LogP contribution in [0.1, 0.15) is 39.5 Å². The van der Waals surface area contributed by atoms with E-state index in [0.29, 0.717) is 24.8 Å². The van der Waals surface area contributed by atoms with Crippen LogP contribution in [0.15, 0.2) is 0 Å². The zero-order valence-electron chi connectivity index (χ0n) is 16.3. The summed E-state index contributed by atoms with van der Waals surface area (Å²) in [6.45, 7) is 11.2. The number of aliphatic hydroxyl groups is 2. The molecule has 0 saturated heterocycles. The summed E-state index contributed by atoms with van der Waals surface area (Å²) in [5, 5.41) is 26.6. The van der Waals surface area contributed by atoms with Crippen LogP contribution in [0.5, 0.6) is 0 Å². The Hall–Kier alpha value is 0.00688. The predicted molar refractivity (Wildman–Crippen MR) is 109 cm³/mol. The Labute approximate surface area is 162 Å². The maximum absolute atomic E-state index is 12.4. The molecule has 150 valence electrons. The summed E-state index contributed by atoms with van der Waals surface area (Å²) in [5.41, 5.74) is 0. The molecule has 8 heteroatoms. The topological polar surface area (TPSA) is 90.8 Å². The van der Waals surface area contributed by atoms with Crippen molar-refractivity contribution < 1.29 is 19.7 Å². The molecule has 0 aromatic carbocycles. The van der Waals surface area contributed by atoms with E-state index < -0.39 is 26.6 Å². The monoisotopic (exact) mass is 440 g/mol. The first-order chi connectivity index (χ1) is 11.6. The van der Waals surface area contributed by atoms with Crippen LogP contribution in [0.2, 0.25) is 25.7 Å². The normalized spacial score (nSPS) is 17.0. The largest absolute Gasteiger partial charge is 0.465 e.